The number of aromatic nitrogens is 1. The summed E-state index contributed by atoms with van der Waals surface area (Å²) in [6.45, 7) is 1.66. The lowest BCUT2D eigenvalue weighted by Gasteiger charge is -2.37. The van der Waals surface area contributed by atoms with E-state index in [0.29, 0.717) is 31.8 Å². The zero-order chi connectivity index (χ0) is 27.0. The van der Waals surface area contributed by atoms with Crippen LogP contribution >= 0.6 is 0 Å². The van der Waals surface area contributed by atoms with Crippen molar-refractivity contribution < 1.29 is 23.9 Å². The molecule has 3 amide bonds. The van der Waals surface area contributed by atoms with Gasteiger partial charge in [-0.05, 0) is 48.3 Å². The normalized spacial score (nSPS) is 14.4. The van der Waals surface area contributed by atoms with Crippen LogP contribution in [0, 0.1) is 0 Å². The summed E-state index contributed by atoms with van der Waals surface area (Å²) >= 11 is 0. The van der Waals surface area contributed by atoms with Gasteiger partial charge in [0.2, 0.25) is 23.6 Å². The Kier molecular flexibility index (Phi) is 8.75. The molecule has 1 aromatic heterocycles. The minimum absolute atomic E-state index is 0.111. The summed E-state index contributed by atoms with van der Waals surface area (Å²) < 4.78 is 10.4. The molecule has 200 valence electrons. The van der Waals surface area contributed by atoms with Crippen molar-refractivity contribution in [1.29, 1.82) is 0 Å². The zero-order valence-electron chi connectivity index (χ0n) is 21.6. The van der Waals surface area contributed by atoms with Crippen molar-refractivity contribution in [3.05, 3.63) is 65.7 Å². The third-order valence-corrected chi connectivity index (χ3v) is 6.69. The van der Waals surface area contributed by atoms with E-state index in [9.17, 15) is 14.4 Å². The molecule has 4 N–H and O–H groups in total. The largest absolute Gasteiger partial charge is 0.481 e. The molecule has 1 fully saturated rings. The third kappa shape index (κ3) is 6.20. The van der Waals surface area contributed by atoms with Crippen LogP contribution in [0.25, 0.3) is 10.8 Å². The molecule has 10 nitrogen and oxygen atoms in total. The molecule has 2 heterocycles. The Morgan fingerprint density at radius 1 is 0.921 bits per heavy atom. The summed E-state index contributed by atoms with van der Waals surface area (Å²) in [6.07, 6.45) is 1.09. The number of carbonyl (C=O) groups excluding carboxylic acids is 3. The molecule has 2 aromatic carbocycles. The van der Waals surface area contributed by atoms with Gasteiger partial charge in [0.05, 0.1) is 20.6 Å². The molecule has 38 heavy (non-hydrogen) atoms. The van der Waals surface area contributed by atoms with Crippen molar-refractivity contribution in [2.75, 3.05) is 40.4 Å². The summed E-state index contributed by atoms with van der Waals surface area (Å²) in [4.78, 5) is 43.2. The highest BCUT2D eigenvalue weighted by Gasteiger charge is 2.41. The van der Waals surface area contributed by atoms with Gasteiger partial charge in [-0.2, -0.15) is 4.98 Å². The first-order valence-corrected chi connectivity index (χ1v) is 12.6. The molecule has 0 spiro atoms. The molecule has 1 aliphatic rings. The average molecular weight is 520 g/mol. The lowest BCUT2D eigenvalue weighted by Crippen LogP contribution is -2.63. The minimum Gasteiger partial charge on any atom is -0.481 e. The second-order valence-electron chi connectivity index (χ2n) is 9.12. The highest BCUT2D eigenvalue weighted by Crippen LogP contribution is 2.24. The van der Waals surface area contributed by atoms with E-state index in [1.165, 1.54) is 14.2 Å². The number of methoxy groups -OCH3 is 2. The Labute approximate surface area is 221 Å². The molecule has 4 rings (SSSR count). The Morgan fingerprint density at radius 2 is 1.66 bits per heavy atom. The first-order chi connectivity index (χ1) is 18.5. The van der Waals surface area contributed by atoms with Crippen molar-refractivity contribution in [1.82, 2.24) is 26.3 Å². The van der Waals surface area contributed by atoms with Gasteiger partial charge in [0.25, 0.3) is 5.91 Å². The molecular formula is C28H33N5O5. The van der Waals surface area contributed by atoms with Gasteiger partial charge in [-0.25, -0.2) is 0 Å². The number of hydrogen-bond acceptors (Lipinski definition) is 7. The monoisotopic (exact) mass is 519 g/mol. The van der Waals surface area contributed by atoms with Crippen molar-refractivity contribution >= 4 is 28.5 Å². The fourth-order valence-corrected chi connectivity index (χ4v) is 4.64. The fraction of sp³-hybridized carbons (Fsp3) is 0.357. The second-order valence-corrected chi connectivity index (χ2v) is 9.12. The predicted molar refractivity (Wildman–Crippen MR) is 143 cm³/mol. The van der Waals surface area contributed by atoms with Crippen molar-refractivity contribution in [3.63, 3.8) is 0 Å². The smallest absolute Gasteiger partial charge is 0.257 e. The number of benzene rings is 2. The van der Waals surface area contributed by atoms with Crippen LogP contribution in [0.4, 0.5) is 0 Å². The maximum Gasteiger partial charge on any atom is 0.257 e. The number of rotatable bonds is 10. The number of hydrogen-bond donors (Lipinski definition) is 4. The molecule has 1 saturated heterocycles. The number of carbonyl (C=O) groups is 3. The van der Waals surface area contributed by atoms with Crippen LogP contribution in [0.1, 0.15) is 28.8 Å². The third-order valence-electron chi connectivity index (χ3n) is 6.69. The Hall–Kier alpha value is -4.18. The van der Waals surface area contributed by atoms with Gasteiger partial charge >= 0.3 is 0 Å². The van der Waals surface area contributed by atoms with Gasteiger partial charge in [-0.1, -0.05) is 42.5 Å². The topological polar surface area (TPSA) is 131 Å². The molecule has 0 saturated carbocycles. The minimum atomic E-state index is -1.10. The maximum atomic E-state index is 13.3. The first-order valence-electron chi connectivity index (χ1n) is 12.6. The Morgan fingerprint density at radius 3 is 2.42 bits per heavy atom. The molecule has 1 aliphatic heterocycles. The average Bonchev–Trinajstić information content (AvgIpc) is 2.95. The van der Waals surface area contributed by atoms with Gasteiger partial charge in [-0.15, -0.1) is 0 Å². The van der Waals surface area contributed by atoms with E-state index < -0.39 is 11.4 Å². The number of piperidine rings is 1. The van der Waals surface area contributed by atoms with E-state index in [1.807, 2.05) is 42.5 Å². The zero-order valence-corrected chi connectivity index (χ0v) is 21.6. The van der Waals surface area contributed by atoms with E-state index in [2.05, 4.69) is 26.3 Å². The molecule has 0 atom stereocenters. The molecular weight excluding hydrogens is 486 g/mol. The SMILES string of the molecule is COc1ccc(C(=O)NC2(C(=O)NCCNC(=O)Cc3cccc4ccccc34)CCNCC2)c(OC)n1. The van der Waals surface area contributed by atoms with E-state index in [-0.39, 0.29) is 42.8 Å². The lowest BCUT2D eigenvalue weighted by atomic mass is 9.86. The standard InChI is InChI=1S/C28H33N5O5/c1-37-24-11-10-22(26(32-24)38-2)25(35)33-28(12-14-29-15-13-28)27(36)31-17-16-30-23(34)18-20-8-5-7-19-6-3-4-9-21(19)20/h3-11,29H,12-18H2,1-2H3,(H,30,34)(H,31,36)(H,33,35). The van der Waals surface area contributed by atoms with Crippen LogP contribution in [-0.4, -0.2) is 68.6 Å². The van der Waals surface area contributed by atoms with E-state index in [0.717, 1.165) is 16.3 Å². The number of ether oxygens (including phenoxy) is 2. The quantitative estimate of drug-likeness (QED) is 0.299. The molecule has 10 heteroatoms. The van der Waals surface area contributed by atoms with Crippen LogP contribution < -0.4 is 30.7 Å². The van der Waals surface area contributed by atoms with Crippen LogP contribution in [0.3, 0.4) is 0 Å². The summed E-state index contributed by atoms with van der Waals surface area (Å²) in [7, 11) is 2.89. The number of fused-ring (bicyclic) bond motifs is 1. The van der Waals surface area contributed by atoms with Gasteiger partial charge in [0, 0.05) is 19.2 Å². The van der Waals surface area contributed by atoms with Gasteiger partial charge in [0.1, 0.15) is 11.1 Å². The Balaban J connectivity index is 1.34. The molecule has 0 aliphatic carbocycles. The number of nitrogens with one attached hydrogen (secondary N) is 4. The lowest BCUT2D eigenvalue weighted by molar-refractivity contribution is -0.128. The highest BCUT2D eigenvalue weighted by atomic mass is 16.5. The van der Waals surface area contributed by atoms with Crippen LogP contribution in [-0.2, 0) is 16.0 Å². The van der Waals surface area contributed by atoms with Crippen LogP contribution in [0.2, 0.25) is 0 Å². The molecule has 0 radical (unpaired) electrons. The van der Waals surface area contributed by atoms with Gasteiger partial charge in [0.15, 0.2) is 0 Å². The van der Waals surface area contributed by atoms with Crippen molar-refractivity contribution in [3.8, 4) is 11.8 Å². The number of nitrogens with zero attached hydrogens (tertiary/aromatic N) is 1. The van der Waals surface area contributed by atoms with Gasteiger partial charge < -0.3 is 30.7 Å². The summed E-state index contributed by atoms with van der Waals surface area (Å²) in [5.41, 5.74) is 0.0596. The second kappa shape index (κ2) is 12.4. The van der Waals surface area contributed by atoms with Crippen LogP contribution in [0.15, 0.2) is 54.6 Å². The van der Waals surface area contributed by atoms with Crippen molar-refractivity contribution in [2.24, 2.45) is 0 Å². The number of pyridine rings is 1. The van der Waals surface area contributed by atoms with E-state index in [4.69, 9.17) is 9.47 Å². The van der Waals surface area contributed by atoms with Crippen LogP contribution in [0.5, 0.6) is 11.8 Å². The molecule has 3 aromatic rings. The first kappa shape index (κ1) is 26.9. The maximum absolute atomic E-state index is 13.3. The van der Waals surface area contributed by atoms with E-state index >= 15 is 0 Å². The van der Waals surface area contributed by atoms with E-state index in [1.54, 1.807) is 12.1 Å². The summed E-state index contributed by atoms with van der Waals surface area (Å²) in [5.74, 6) is -0.455. The molecule has 0 bridgehead atoms. The fourth-order valence-electron chi connectivity index (χ4n) is 4.64. The summed E-state index contributed by atoms with van der Waals surface area (Å²) in [6, 6.07) is 17.0. The molecule has 0 unspecified atom stereocenters. The van der Waals surface area contributed by atoms with Crippen molar-refractivity contribution in [2.45, 2.75) is 24.8 Å². The predicted octanol–water partition coefficient (Wildman–Crippen LogP) is 1.58. The highest BCUT2D eigenvalue weighted by molar-refractivity contribution is 6.01. The Bertz CT molecular complexity index is 1300. The summed E-state index contributed by atoms with van der Waals surface area (Å²) in [5, 5.41) is 14.0. The number of amides is 3. The van der Waals surface area contributed by atoms with Gasteiger partial charge in [-0.3, -0.25) is 14.4 Å².